The summed E-state index contributed by atoms with van der Waals surface area (Å²) in [6.45, 7) is 4.35. The van der Waals surface area contributed by atoms with E-state index >= 15 is 0 Å². The molecule has 0 radical (unpaired) electrons. The molecule has 0 aromatic heterocycles. The third-order valence-corrected chi connectivity index (χ3v) is 2.55. The minimum absolute atomic E-state index is 0.110. The van der Waals surface area contributed by atoms with Crippen LogP contribution in [0.3, 0.4) is 0 Å². The molecule has 0 amide bonds. The van der Waals surface area contributed by atoms with Crippen LogP contribution in [0.15, 0.2) is 30.9 Å². The average Bonchev–Trinajstić information content (AvgIpc) is 2.31. The van der Waals surface area contributed by atoms with Crippen LogP contribution in [0, 0.1) is 5.82 Å². The predicted molar refractivity (Wildman–Crippen MR) is 64.0 cm³/mol. The number of hydrogen-bond donors (Lipinski definition) is 1. The van der Waals surface area contributed by atoms with Crippen molar-refractivity contribution in [1.82, 2.24) is 4.90 Å². The van der Waals surface area contributed by atoms with Gasteiger partial charge in [-0.05, 0) is 17.7 Å². The molecule has 2 nitrogen and oxygen atoms in total. The molecule has 1 rings (SSSR count). The lowest BCUT2D eigenvalue weighted by Gasteiger charge is -2.20. The summed E-state index contributed by atoms with van der Waals surface area (Å²) in [5, 5.41) is 8.85. The fraction of sp³-hybridized carbons (Fsp3) is 0.385. The van der Waals surface area contributed by atoms with E-state index in [9.17, 15) is 17.6 Å². The third kappa shape index (κ3) is 4.65. The van der Waals surface area contributed by atoms with Gasteiger partial charge in [0.05, 0.1) is 12.2 Å². The lowest BCUT2D eigenvalue weighted by molar-refractivity contribution is -0.140. The third-order valence-electron chi connectivity index (χ3n) is 2.55. The van der Waals surface area contributed by atoms with Crippen molar-refractivity contribution in [2.45, 2.75) is 12.7 Å². The second-order valence-corrected chi connectivity index (χ2v) is 4.06. The lowest BCUT2D eigenvalue weighted by atomic mass is 10.1. The first kappa shape index (κ1) is 15.7. The molecule has 106 valence electrons. The van der Waals surface area contributed by atoms with Gasteiger partial charge in [0, 0.05) is 19.6 Å². The van der Waals surface area contributed by atoms with Gasteiger partial charge in [0.2, 0.25) is 0 Å². The van der Waals surface area contributed by atoms with Gasteiger partial charge in [-0.15, -0.1) is 6.58 Å². The zero-order valence-electron chi connectivity index (χ0n) is 10.3. The zero-order chi connectivity index (χ0) is 14.5. The van der Waals surface area contributed by atoms with E-state index in [0.717, 1.165) is 12.1 Å². The van der Waals surface area contributed by atoms with Crippen LogP contribution < -0.4 is 0 Å². The fourth-order valence-electron chi connectivity index (χ4n) is 1.71. The molecule has 0 aliphatic heterocycles. The van der Waals surface area contributed by atoms with Crippen molar-refractivity contribution in [1.29, 1.82) is 0 Å². The normalized spacial score (nSPS) is 11.9. The van der Waals surface area contributed by atoms with E-state index < -0.39 is 17.6 Å². The standard InChI is InChI=1S/C13H15F4NO/c1-2-5-18(6-7-19)9-10-3-4-12(14)11(8-10)13(15,16)17/h2-4,8,19H,1,5-7,9H2. The molecular weight excluding hydrogens is 262 g/mol. The number of hydrogen-bond acceptors (Lipinski definition) is 2. The molecule has 0 spiro atoms. The van der Waals surface area contributed by atoms with Crippen LogP contribution in [0.2, 0.25) is 0 Å². The highest BCUT2D eigenvalue weighted by Crippen LogP contribution is 2.32. The highest BCUT2D eigenvalue weighted by Gasteiger charge is 2.34. The van der Waals surface area contributed by atoms with Crippen molar-refractivity contribution in [3.05, 3.63) is 47.8 Å². The van der Waals surface area contributed by atoms with E-state index in [1.54, 1.807) is 11.0 Å². The van der Waals surface area contributed by atoms with E-state index in [1.807, 2.05) is 0 Å². The Labute approximate surface area is 109 Å². The minimum atomic E-state index is -4.71. The van der Waals surface area contributed by atoms with Crippen molar-refractivity contribution in [3.8, 4) is 0 Å². The second kappa shape index (κ2) is 6.68. The van der Waals surface area contributed by atoms with Gasteiger partial charge in [0.1, 0.15) is 5.82 Å². The van der Waals surface area contributed by atoms with Crippen LogP contribution >= 0.6 is 0 Å². The molecule has 1 N–H and O–H groups in total. The molecule has 1 aromatic rings. The van der Waals surface area contributed by atoms with E-state index in [2.05, 4.69) is 6.58 Å². The van der Waals surface area contributed by atoms with E-state index in [4.69, 9.17) is 5.11 Å². The molecule has 0 aliphatic carbocycles. The molecule has 0 saturated carbocycles. The number of aliphatic hydroxyl groups excluding tert-OH is 1. The Morgan fingerprint density at radius 1 is 1.32 bits per heavy atom. The average molecular weight is 277 g/mol. The molecule has 6 heteroatoms. The Bertz CT molecular complexity index is 431. The summed E-state index contributed by atoms with van der Waals surface area (Å²) in [6.07, 6.45) is -3.12. The van der Waals surface area contributed by atoms with Gasteiger partial charge in [0.25, 0.3) is 0 Å². The summed E-state index contributed by atoms with van der Waals surface area (Å²) >= 11 is 0. The molecule has 0 aliphatic rings. The van der Waals surface area contributed by atoms with E-state index in [1.165, 1.54) is 6.07 Å². The smallest absolute Gasteiger partial charge is 0.395 e. The molecule has 0 unspecified atom stereocenters. The minimum Gasteiger partial charge on any atom is -0.395 e. The van der Waals surface area contributed by atoms with Gasteiger partial charge in [-0.3, -0.25) is 4.90 Å². The summed E-state index contributed by atoms with van der Waals surface area (Å²) in [4.78, 5) is 1.71. The fourth-order valence-corrected chi connectivity index (χ4v) is 1.71. The molecule has 0 heterocycles. The van der Waals surface area contributed by atoms with Crippen LogP contribution in [0.1, 0.15) is 11.1 Å². The van der Waals surface area contributed by atoms with Crippen LogP contribution in [-0.2, 0) is 12.7 Å². The van der Waals surface area contributed by atoms with Gasteiger partial charge in [0.15, 0.2) is 0 Å². The number of nitrogens with zero attached hydrogens (tertiary/aromatic N) is 1. The van der Waals surface area contributed by atoms with Crippen molar-refractivity contribution in [2.24, 2.45) is 0 Å². The Balaban J connectivity index is 2.92. The Morgan fingerprint density at radius 2 is 2.00 bits per heavy atom. The number of alkyl halides is 3. The van der Waals surface area contributed by atoms with Crippen molar-refractivity contribution >= 4 is 0 Å². The maximum Gasteiger partial charge on any atom is 0.419 e. The number of aliphatic hydroxyl groups is 1. The molecule has 0 bridgehead atoms. The van der Waals surface area contributed by atoms with Crippen LogP contribution in [0.5, 0.6) is 0 Å². The molecule has 0 fully saturated rings. The number of halogens is 4. The maximum atomic E-state index is 13.1. The van der Waals surface area contributed by atoms with E-state index in [0.29, 0.717) is 18.7 Å². The molecular formula is C13H15F4NO. The highest BCUT2D eigenvalue weighted by atomic mass is 19.4. The molecule has 19 heavy (non-hydrogen) atoms. The summed E-state index contributed by atoms with van der Waals surface area (Å²) in [5.41, 5.74) is -0.934. The highest BCUT2D eigenvalue weighted by molar-refractivity contribution is 5.27. The van der Waals surface area contributed by atoms with Crippen LogP contribution in [0.4, 0.5) is 17.6 Å². The monoisotopic (exact) mass is 277 g/mol. The zero-order valence-corrected chi connectivity index (χ0v) is 10.3. The molecule has 1 aromatic carbocycles. The lowest BCUT2D eigenvalue weighted by Crippen LogP contribution is -2.26. The van der Waals surface area contributed by atoms with Crippen LogP contribution in [-0.4, -0.2) is 29.7 Å². The second-order valence-electron chi connectivity index (χ2n) is 4.06. The Kier molecular flexibility index (Phi) is 5.50. The molecule has 0 atom stereocenters. The van der Waals surface area contributed by atoms with Gasteiger partial charge < -0.3 is 5.11 Å². The van der Waals surface area contributed by atoms with Gasteiger partial charge in [-0.2, -0.15) is 13.2 Å². The van der Waals surface area contributed by atoms with E-state index in [-0.39, 0.29) is 13.2 Å². The predicted octanol–water partition coefficient (Wildman–Crippen LogP) is 2.82. The van der Waals surface area contributed by atoms with Gasteiger partial charge in [-0.25, -0.2) is 4.39 Å². The van der Waals surface area contributed by atoms with Crippen LogP contribution in [0.25, 0.3) is 0 Å². The SMILES string of the molecule is C=CCN(CCO)Cc1ccc(F)c(C(F)(F)F)c1. The number of benzene rings is 1. The van der Waals surface area contributed by atoms with Gasteiger partial charge >= 0.3 is 6.18 Å². The summed E-state index contributed by atoms with van der Waals surface area (Å²) < 4.78 is 50.8. The summed E-state index contributed by atoms with van der Waals surface area (Å²) in [6, 6.07) is 2.91. The number of rotatable bonds is 6. The quantitative estimate of drug-likeness (QED) is 0.638. The van der Waals surface area contributed by atoms with Crippen molar-refractivity contribution in [3.63, 3.8) is 0 Å². The topological polar surface area (TPSA) is 23.5 Å². The first-order valence-corrected chi connectivity index (χ1v) is 5.68. The summed E-state index contributed by atoms with van der Waals surface area (Å²) in [5.74, 6) is -1.28. The van der Waals surface area contributed by atoms with Crippen molar-refractivity contribution in [2.75, 3.05) is 19.7 Å². The first-order valence-electron chi connectivity index (χ1n) is 5.68. The van der Waals surface area contributed by atoms with Gasteiger partial charge in [-0.1, -0.05) is 12.1 Å². The first-order chi connectivity index (χ1) is 8.88. The summed E-state index contributed by atoms with van der Waals surface area (Å²) in [7, 11) is 0. The maximum absolute atomic E-state index is 13.1. The largest absolute Gasteiger partial charge is 0.419 e. The Morgan fingerprint density at radius 3 is 2.53 bits per heavy atom. The Hall–Kier alpha value is -1.40. The van der Waals surface area contributed by atoms with Crippen molar-refractivity contribution < 1.29 is 22.7 Å². The molecule has 0 saturated heterocycles.